The molecule has 2 nitrogen and oxygen atoms in total. The van der Waals surface area contributed by atoms with Crippen LogP contribution >= 0.6 is 11.3 Å². The summed E-state index contributed by atoms with van der Waals surface area (Å²) in [5.41, 5.74) is 16.8. The Morgan fingerprint density at radius 2 is 0.855 bits per heavy atom. The molecule has 2 aromatic heterocycles. The molecule has 290 valence electrons. The second-order valence-corrected chi connectivity index (χ2v) is 17.1. The largest absolute Gasteiger partial charge is 0.228 e. The maximum Gasteiger partial charge on any atom is 0.160 e. The summed E-state index contributed by atoms with van der Waals surface area (Å²) >= 11 is 1.85. The molecule has 0 amide bonds. The van der Waals surface area contributed by atoms with Crippen LogP contribution in [0.25, 0.3) is 87.5 Å². The van der Waals surface area contributed by atoms with Crippen LogP contribution in [0.1, 0.15) is 22.3 Å². The molecule has 62 heavy (non-hydrogen) atoms. The Labute approximate surface area is 365 Å². The molecule has 0 bridgehead atoms. The molecule has 0 atom stereocenters. The summed E-state index contributed by atoms with van der Waals surface area (Å²) in [4.78, 5) is 10.4. The molecule has 11 aromatic rings. The molecule has 0 radical (unpaired) electrons. The van der Waals surface area contributed by atoms with Gasteiger partial charge in [0, 0.05) is 36.9 Å². The highest BCUT2D eigenvalue weighted by Gasteiger charge is 2.46. The number of nitrogens with zero attached hydrogens (tertiary/aromatic N) is 2. The molecule has 0 N–H and O–H groups in total. The zero-order valence-electron chi connectivity index (χ0n) is 33.7. The van der Waals surface area contributed by atoms with E-state index < -0.39 is 5.41 Å². The van der Waals surface area contributed by atoms with Gasteiger partial charge in [-0.05, 0) is 79.9 Å². The molecule has 0 spiro atoms. The fourth-order valence-electron chi connectivity index (χ4n) is 9.78. The average Bonchev–Trinajstić information content (AvgIpc) is 3.88. The van der Waals surface area contributed by atoms with Crippen molar-refractivity contribution >= 4 is 31.5 Å². The van der Waals surface area contributed by atoms with Crippen molar-refractivity contribution in [1.82, 2.24) is 9.97 Å². The van der Waals surface area contributed by atoms with Gasteiger partial charge >= 0.3 is 0 Å². The standard InChI is InChI=1S/C59H38N2S/c1-4-16-41(17-5-1)58-60-53(38-54(61-58)44-19-14-18-42(36-44)43-34-35-49-48-24-11-13-29-55(48)62-56(49)37-43)40-32-30-39(31-33-40)47-26-15-28-52-57(47)50-25-10-12-27-51(50)59(52,45-20-6-2-7-21-45)46-22-8-3-9-23-46/h1-38H. The highest BCUT2D eigenvalue weighted by Crippen LogP contribution is 2.58. The number of thiophene rings is 1. The van der Waals surface area contributed by atoms with E-state index in [1.165, 1.54) is 64.7 Å². The molecular formula is C59H38N2S. The lowest BCUT2D eigenvalue weighted by Crippen LogP contribution is -2.28. The molecule has 0 fully saturated rings. The highest BCUT2D eigenvalue weighted by atomic mass is 32.1. The maximum absolute atomic E-state index is 5.20. The van der Waals surface area contributed by atoms with Crippen LogP contribution in [0.4, 0.5) is 0 Å². The van der Waals surface area contributed by atoms with Gasteiger partial charge in [-0.3, -0.25) is 0 Å². The first-order valence-corrected chi connectivity index (χ1v) is 22.0. The van der Waals surface area contributed by atoms with Gasteiger partial charge in [-0.25, -0.2) is 9.97 Å². The van der Waals surface area contributed by atoms with Crippen molar-refractivity contribution in [2.75, 3.05) is 0 Å². The molecule has 3 heteroatoms. The topological polar surface area (TPSA) is 25.8 Å². The smallest absolute Gasteiger partial charge is 0.160 e. The molecule has 12 rings (SSSR count). The van der Waals surface area contributed by atoms with Crippen molar-refractivity contribution in [3.63, 3.8) is 0 Å². The van der Waals surface area contributed by atoms with E-state index in [0.717, 1.165) is 39.2 Å². The molecule has 0 saturated carbocycles. The Hall–Kier alpha value is -7.72. The van der Waals surface area contributed by atoms with E-state index in [-0.39, 0.29) is 0 Å². The third-order valence-electron chi connectivity index (χ3n) is 12.6. The third-order valence-corrected chi connectivity index (χ3v) is 13.7. The van der Waals surface area contributed by atoms with Crippen LogP contribution in [0.15, 0.2) is 231 Å². The van der Waals surface area contributed by atoms with Crippen molar-refractivity contribution < 1.29 is 0 Å². The lowest BCUT2D eigenvalue weighted by molar-refractivity contribution is 0.768. The van der Waals surface area contributed by atoms with Gasteiger partial charge in [0.05, 0.1) is 16.8 Å². The van der Waals surface area contributed by atoms with Crippen LogP contribution in [-0.4, -0.2) is 9.97 Å². The monoisotopic (exact) mass is 806 g/mol. The zero-order valence-corrected chi connectivity index (χ0v) is 34.6. The maximum atomic E-state index is 5.20. The van der Waals surface area contributed by atoms with Gasteiger partial charge in [-0.2, -0.15) is 0 Å². The van der Waals surface area contributed by atoms with Gasteiger partial charge in [0.15, 0.2) is 5.82 Å². The Kier molecular flexibility index (Phi) is 8.62. The van der Waals surface area contributed by atoms with Crippen molar-refractivity contribution in [3.8, 4) is 67.3 Å². The van der Waals surface area contributed by atoms with Crippen LogP contribution in [0.2, 0.25) is 0 Å². The molecule has 2 heterocycles. The van der Waals surface area contributed by atoms with Gasteiger partial charge in [0.2, 0.25) is 0 Å². The minimum absolute atomic E-state index is 0.446. The molecule has 0 saturated heterocycles. The van der Waals surface area contributed by atoms with E-state index in [9.17, 15) is 0 Å². The predicted octanol–water partition coefficient (Wildman–Crippen LogP) is 15.5. The molecular weight excluding hydrogens is 769 g/mol. The van der Waals surface area contributed by atoms with Gasteiger partial charge in [-0.15, -0.1) is 11.3 Å². The average molecular weight is 807 g/mol. The quantitative estimate of drug-likeness (QED) is 0.160. The minimum atomic E-state index is -0.446. The number of fused-ring (bicyclic) bond motifs is 6. The SMILES string of the molecule is c1ccc(-c2nc(-c3ccc(-c4cccc5c4-c4ccccc4C5(c4ccccc4)c4ccccc4)cc3)cc(-c3cccc(-c4ccc5c(c4)sc4ccccc45)c3)n2)cc1. The first kappa shape index (κ1) is 36.2. The van der Waals surface area contributed by atoms with Crippen molar-refractivity contribution in [3.05, 3.63) is 253 Å². The number of hydrogen-bond donors (Lipinski definition) is 0. The van der Waals surface area contributed by atoms with Crippen LogP contribution in [0.3, 0.4) is 0 Å². The first-order chi connectivity index (χ1) is 30.7. The summed E-state index contributed by atoms with van der Waals surface area (Å²) < 4.78 is 2.61. The number of aromatic nitrogens is 2. The number of rotatable bonds is 7. The molecule has 0 unspecified atom stereocenters. The van der Waals surface area contributed by atoms with Crippen LogP contribution in [-0.2, 0) is 5.41 Å². The molecule has 9 aromatic carbocycles. The van der Waals surface area contributed by atoms with E-state index in [2.05, 4.69) is 212 Å². The third kappa shape index (κ3) is 5.85. The van der Waals surface area contributed by atoms with E-state index >= 15 is 0 Å². The Bertz CT molecular complexity index is 3400. The summed E-state index contributed by atoms with van der Waals surface area (Å²) in [5.74, 6) is 0.704. The zero-order chi connectivity index (χ0) is 41.0. The van der Waals surface area contributed by atoms with Crippen molar-refractivity contribution in [2.24, 2.45) is 0 Å². The van der Waals surface area contributed by atoms with Gasteiger partial charge < -0.3 is 0 Å². The minimum Gasteiger partial charge on any atom is -0.228 e. The van der Waals surface area contributed by atoms with Gasteiger partial charge in [-0.1, -0.05) is 206 Å². The summed E-state index contributed by atoms with van der Waals surface area (Å²) in [7, 11) is 0. The summed E-state index contributed by atoms with van der Waals surface area (Å²) in [6.07, 6.45) is 0. The van der Waals surface area contributed by atoms with Crippen LogP contribution in [0.5, 0.6) is 0 Å². The summed E-state index contributed by atoms with van der Waals surface area (Å²) in [6, 6.07) is 83.4. The summed E-state index contributed by atoms with van der Waals surface area (Å²) in [5, 5.41) is 2.62. The van der Waals surface area contributed by atoms with E-state index in [1.807, 2.05) is 29.5 Å². The second-order valence-electron chi connectivity index (χ2n) is 16.1. The number of hydrogen-bond acceptors (Lipinski definition) is 3. The lowest BCUT2D eigenvalue weighted by Gasteiger charge is -2.34. The number of benzene rings is 9. The Morgan fingerprint density at radius 1 is 0.323 bits per heavy atom. The van der Waals surface area contributed by atoms with E-state index in [1.54, 1.807) is 0 Å². The molecule has 1 aliphatic carbocycles. The fourth-order valence-corrected chi connectivity index (χ4v) is 10.9. The molecule has 1 aliphatic rings. The van der Waals surface area contributed by atoms with Crippen LogP contribution < -0.4 is 0 Å². The highest BCUT2D eigenvalue weighted by molar-refractivity contribution is 7.25. The van der Waals surface area contributed by atoms with E-state index in [4.69, 9.17) is 9.97 Å². The van der Waals surface area contributed by atoms with E-state index in [0.29, 0.717) is 5.82 Å². The lowest BCUT2D eigenvalue weighted by atomic mass is 9.67. The van der Waals surface area contributed by atoms with Gasteiger partial charge in [0.25, 0.3) is 0 Å². The second kappa shape index (κ2) is 14.8. The predicted molar refractivity (Wildman–Crippen MR) is 259 cm³/mol. The van der Waals surface area contributed by atoms with Gasteiger partial charge in [0.1, 0.15) is 0 Å². The van der Waals surface area contributed by atoms with Crippen molar-refractivity contribution in [2.45, 2.75) is 5.41 Å². The summed E-state index contributed by atoms with van der Waals surface area (Å²) in [6.45, 7) is 0. The fraction of sp³-hybridized carbons (Fsp3) is 0.0169. The molecule has 0 aliphatic heterocycles. The Balaban J connectivity index is 0.960. The first-order valence-electron chi connectivity index (χ1n) is 21.1. The van der Waals surface area contributed by atoms with Crippen molar-refractivity contribution in [1.29, 1.82) is 0 Å². The normalized spacial score (nSPS) is 12.6. The van der Waals surface area contributed by atoms with Crippen LogP contribution in [0, 0.1) is 0 Å². The Morgan fingerprint density at radius 3 is 1.63 bits per heavy atom.